The van der Waals surface area contributed by atoms with Crippen LogP contribution in [0.2, 0.25) is 0 Å². The molecule has 0 aromatic carbocycles. The van der Waals surface area contributed by atoms with E-state index in [1.54, 1.807) is 0 Å². The number of alkyl halides is 1. The van der Waals surface area contributed by atoms with Crippen LogP contribution in [0, 0.1) is 0 Å². The van der Waals surface area contributed by atoms with Crippen molar-refractivity contribution >= 4 is 45.0 Å². The second-order valence-corrected chi connectivity index (χ2v) is 11.9. The van der Waals surface area contributed by atoms with E-state index in [1.807, 2.05) is 6.92 Å². The van der Waals surface area contributed by atoms with Gasteiger partial charge in [-0.25, -0.2) is 23.4 Å². The van der Waals surface area contributed by atoms with Crippen LogP contribution in [-0.2, 0) is 27.7 Å². The van der Waals surface area contributed by atoms with Gasteiger partial charge in [0.15, 0.2) is 0 Å². The standard InChI is InChI=1S/C25H36ClN7O4S/c1-2-19-23(28-15-21(25(34)35)32-38(36,37)14-4-10-26)29-16-30-24(19)33-12-8-17(9-13-33)20-7-6-18-5-3-11-27-22(18)31-20/h6-7,16-17,21,32H,2-5,8-15H2,1H3,(H,27,31)(H,34,35)(H,28,29,30)/t21-/m0/s1. The number of nitrogens with one attached hydrogen (secondary N) is 3. The molecular formula is C25H36ClN7O4S. The number of nitrogens with zero attached hydrogens (tertiary/aromatic N) is 4. The molecule has 4 N–H and O–H groups in total. The number of aromatic nitrogens is 3. The molecule has 2 aromatic heterocycles. The first-order chi connectivity index (χ1) is 18.3. The third-order valence-corrected chi connectivity index (χ3v) is 8.78. The SMILES string of the molecule is CCc1c(NC[C@H](NS(=O)(=O)CCCCl)C(=O)O)ncnc1N1CCC(c2ccc3c(n2)NCCC3)CC1. The molecule has 0 radical (unpaired) electrons. The first-order valence-electron chi connectivity index (χ1n) is 13.2. The Bertz CT molecular complexity index is 1220. The number of carboxylic acids is 1. The van der Waals surface area contributed by atoms with E-state index in [4.69, 9.17) is 16.6 Å². The molecule has 0 bridgehead atoms. The molecule has 0 unspecified atom stereocenters. The zero-order valence-corrected chi connectivity index (χ0v) is 23.2. The number of fused-ring (bicyclic) bond motifs is 1. The van der Waals surface area contributed by atoms with Crippen molar-refractivity contribution in [2.24, 2.45) is 0 Å². The van der Waals surface area contributed by atoms with Gasteiger partial charge in [-0.15, -0.1) is 11.6 Å². The Morgan fingerprint density at radius 2 is 2.08 bits per heavy atom. The van der Waals surface area contributed by atoms with E-state index in [-0.39, 0.29) is 24.6 Å². The van der Waals surface area contributed by atoms with Gasteiger partial charge in [-0.3, -0.25) is 4.79 Å². The van der Waals surface area contributed by atoms with Crippen LogP contribution in [0.25, 0.3) is 0 Å². The number of carbonyl (C=O) groups is 1. The molecule has 208 valence electrons. The minimum atomic E-state index is -3.77. The fourth-order valence-electron chi connectivity index (χ4n) is 5.01. The number of carboxylic acid groups (broad SMARTS) is 1. The number of hydrogen-bond acceptors (Lipinski definition) is 9. The summed E-state index contributed by atoms with van der Waals surface area (Å²) in [6.07, 6.45) is 6.45. The first-order valence-corrected chi connectivity index (χ1v) is 15.3. The van der Waals surface area contributed by atoms with Crippen LogP contribution in [-0.4, -0.2) is 78.3 Å². The summed E-state index contributed by atoms with van der Waals surface area (Å²) in [5.41, 5.74) is 3.29. The van der Waals surface area contributed by atoms with E-state index >= 15 is 0 Å². The summed E-state index contributed by atoms with van der Waals surface area (Å²) >= 11 is 5.58. The lowest BCUT2D eigenvalue weighted by atomic mass is 9.92. The normalized spacial score (nSPS) is 16.9. The molecular weight excluding hydrogens is 530 g/mol. The molecule has 11 nitrogen and oxygen atoms in total. The molecule has 38 heavy (non-hydrogen) atoms. The van der Waals surface area contributed by atoms with Gasteiger partial charge in [0.2, 0.25) is 10.0 Å². The van der Waals surface area contributed by atoms with Crippen molar-refractivity contribution in [2.45, 2.75) is 57.4 Å². The molecule has 1 saturated heterocycles. The van der Waals surface area contributed by atoms with E-state index in [1.165, 1.54) is 11.9 Å². The molecule has 13 heteroatoms. The topological polar surface area (TPSA) is 149 Å². The van der Waals surface area contributed by atoms with Crippen LogP contribution in [0.3, 0.4) is 0 Å². The quantitative estimate of drug-likeness (QED) is 0.283. The van der Waals surface area contributed by atoms with Crippen molar-refractivity contribution in [3.8, 4) is 0 Å². The molecule has 0 spiro atoms. The number of piperidine rings is 1. The third-order valence-electron chi connectivity index (χ3n) is 7.04. The van der Waals surface area contributed by atoms with Gasteiger partial charge in [-0.1, -0.05) is 13.0 Å². The zero-order chi connectivity index (χ0) is 27.1. The van der Waals surface area contributed by atoms with Gasteiger partial charge in [0, 0.05) is 49.2 Å². The Kier molecular flexibility index (Phi) is 9.61. The Labute approximate surface area is 228 Å². The second kappa shape index (κ2) is 12.9. The van der Waals surface area contributed by atoms with Gasteiger partial charge < -0.3 is 20.6 Å². The van der Waals surface area contributed by atoms with E-state index in [0.717, 1.165) is 68.2 Å². The molecule has 4 heterocycles. The number of rotatable bonds is 12. The number of halogens is 1. The van der Waals surface area contributed by atoms with E-state index in [2.05, 4.69) is 42.4 Å². The van der Waals surface area contributed by atoms with Gasteiger partial charge >= 0.3 is 5.97 Å². The van der Waals surface area contributed by atoms with Crippen molar-refractivity contribution in [3.05, 3.63) is 35.3 Å². The Balaban J connectivity index is 1.41. The van der Waals surface area contributed by atoms with Crippen LogP contribution < -0.4 is 20.3 Å². The third kappa shape index (κ3) is 7.03. The number of aryl methyl sites for hydroxylation is 1. The Hall–Kier alpha value is -2.70. The molecule has 2 aliphatic rings. The average molecular weight is 566 g/mol. The predicted molar refractivity (Wildman–Crippen MR) is 149 cm³/mol. The van der Waals surface area contributed by atoms with Gasteiger partial charge in [0.25, 0.3) is 0 Å². The lowest BCUT2D eigenvalue weighted by Gasteiger charge is -2.34. The zero-order valence-electron chi connectivity index (χ0n) is 21.6. The average Bonchev–Trinajstić information content (AvgIpc) is 2.93. The van der Waals surface area contributed by atoms with Gasteiger partial charge in [-0.05, 0) is 50.2 Å². The maximum absolute atomic E-state index is 12.2. The molecule has 2 aliphatic heterocycles. The van der Waals surface area contributed by atoms with Crippen LogP contribution in [0.15, 0.2) is 18.5 Å². The number of anilines is 3. The second-order valence-electron chi connectivity index (χ2n) is 9.66. The largest absolute Gasteiger partial charge is 0.480 e. The summed E-state index contributed by atoms with van der Waals surface area (Å²) in [5.74, 6) is 1.41. The van der Waals surface area contributed by atoms with Crippen molar-refractivity contribution in [1.29, 1.82) is 0 Å². The molecule has 4 rings (SSSR count). The summed E-state index contributed by atoms with van der Waals surface area (Å²) < 4.78 is 26.6. The Morgan fingerprint density at radius 3 is 2.79 bits per heavy atom. The molecule has 1 atom stereocenters. The van der Waals surface area contributed by atoms with Crippen molar-refractivity contribution in [1.82, 2.24) is 19.7 Å². The fourth-order valence-corrected chi connectivity index (χ4v) is 6.56. The smallest absolute Gasteiger partial charge is 0.323 e. The van der Waals surface area contributed by atoms with Gasteiger partial charge in [0.1, 0.15) is 29.8 Å². The van der Waals surface area contributed by atoms with Crippen LogP contribution in [0.5, 0.6) is 0 Å². The highest BCUT2D eigenvalue weighted by atomic mass is 35.5. The van der Waals surface area contributed by atoms with Crippen LogP contribution >= 0.6 is 11.6 Å². The summed E-state index contributed by atoms with van der Waals surface area (Å²) in [5, 5.41) is 16.0. The minimum Gasteiger partial charge on any atom is -0.480 e. The van der Waals surface area contributed by atoms with E-state index in [0.29, 0.717) is 18.2 Å². The first kappa shape index (κ1) is 28.3. The van der Waals surface area contributed by atoms with Gasteiger partial charge in [0.05, 0.1) is 5.75 Å². The van der Waals surface area contributed by atoms with Crippen LogP contribution in [0.4, 0.5) is 17.5 Å². The highest BCUT2D eigenvalue weighted by Crippen LogP contribution is 2.33. The Morgan fingerprint density at radius 1 is 1.29 bits per heavy atom. The number of aliphatic carboxylic acids is 1. The van der Waals surface area contributed by atoms with Crippen molar-refractivity contribution in [2.75, 3.05) is 53.3 Å². The number of sulfonamides is 1. The minimum absolute atomic E-state index is 0.154. The lowest BCUT2D eigenvalue weighted by Crippen LogP contribution is -2.46. The summed E-state index contributed by atoms with van der Waals surface area (Å²) in [7, 11) is -3.77. The predicted octanol–water partition coefficient (Wildman–Crippen LogP) is 2.59. The lowest BCUT2D eigenvalue weighted by molar-refractivity contribution is -0.138. The van der Waals surface area contributed by atoms with E-state index < -0.39 is 22.0 Å². The van der Waals surface area contributed by atoms with Crippen LogP contribution in [0.1, 0.15) is 55.3 Å². The van der Waals surface area contributed by atoms with Crippen molar-refractivity contribution in [3.63, 3.8) is 0 Å². The summed E-state index contributed by atoms with van der Waals surface area (Å²) in [6, 6.07) is 3.03. The van der Waals surface area contributed by atoms with Gasteiger partial charge in [-0.2, -0.15) is 4.72 Å². The molecule has 2 aromatic rings. The molecule has 0 aliphatic carbocycles. The number of hydrogen-bond donors (Lipinski definition) is 4. The highest BCUT2D eigenvalue weighted by molar-refractivity contribution is 7.89. The molecule has 0 amide bonds. The molecule has 0 saturated carbocycles. The van der Waals surface area contributed by atoms with E-state index in [9.17, 15) is 18.3 Å². The summed E-state index contributed by atoms with van der Waals surface area (Å²) in [4.78, 5) is 27.8. The molecule has 1 fully saturated rings. The maximum atomic E-state index is 12.2. The highest BCUT2D eigenvalue weighted by Gasteiger charge is 2.27. The number of pyridine rings is 1. The maximum Gasteiger partial charge on any atom is 0.323 e. The summed E-state index contributed by atoms with van der Waals surface area (Å²) in [6.45, 7) is 4.45. The fraction of sp³-hybridized carbons (Fsp3) is 0.600. The van der Waals surface area contributed by atoms with Crippen molar-refractivity contribution < 1.29 is 18.3 Å². The monoisotopic (exact) mass is 565 g/mol.